The van der Waals surface area contributed by atoms with Gasteiger partial charge >= 0.3 is 0 Å². The lowest BCUT2D eigenvalue weighted by Crippen LogP contribution is -2.26. The zero-order valence-electron chi connectivity index (χ0n) is 18.1. The number of amides is 1. The molecule has 3 rings (SSSR count). The Bertz CT molecular complexity index is 1130. The second-order valence-corrected chi connectivity index (χ2v) is 8.71. The first-order chi connectivity index (χ1) is 15.5. The number of imidazole rings is 1. The van der Waals surface area contributed by atoms with Crippen LogP contribution in [0, 0.1) is 11.3 Å². The maximum atomic E-state index is 10.4. The fraction of sp³-hybridized carbons (Fsp3) is 0.292. The number of nitriles is 1. The number of aryl methyl sites for hydroxylation is 1. The molecule has 0 aliphatic heterocycles. The van der Waals surface area contributed by atoms with E-state index < -0.39 is 0 Å². The first kappa shape index (κ1) is 23.4. The molecular weight excluding hydrogens is 420 g/mol. The standard InChI is InChI=1S/C24H28N6OS/c1-30-15-29-21-13-19(8-9-22(21)30)24(23(27)18-6-4-17(14-25)5-7-18)32-12-2-3-20(26)10-11-28-16-31/h4-9,13,15-16,20H,2-3,10-12,26-27H2,1H3,(H,28,31)/b24-23-. The van der Waals surface area contributed by atoms with Crippen LogP contribution in [0.1, 0.15) is 36.0 Å². The second kappa shape index (κ2) is 11.4. The molecule has 1 amide bonds. The van der Waals surface area contributed by atoms with Crippen LogP contribution in [0.25, 0.3) is 21.6 Å². The summed E-state index contributed by atoms with van der Waals surface area (Å²) < 4.78 is 1.99. The van der Waals surface area contributed by atoms with Crippen LogP contribution in [-0.4, -0.2) is 34.3 Å². The molecule has 0 saturated carbocycles. The van der Waals surface area contributed by atoms with Crippen molar-refractivity contribution in [2.75, 3.05) is 12.3 Å². The highest BCUT2D eigenvalue weighted by molar-refractivity contribution is 8.08. The van der Waals surface area contributed by atoms with Gasteiger partial charge in [-0.25, -0.2) is 4.98 Å². The summed E-state index contributed by atoms with van der Waals surface area (Å²) in [4.78, 5) is 15.8. The molecule has 0 fully saturated rings. The van der Waals surface area contributed by atoms with Crippen molar-refractivity contribution >= 4 is 39.8 Å². The Morgan fingerprint density at radius 1 is 1.25 bits per heavy atom. The van der Waals surface area contributed by atoms with Gasteiger partial charge in [0.05, 0.1) is 34.7 Å². The number of nitrogens with zero attached hydrogens (tertiary/aromatic N) is 3. The summed E-state index contributed by atoms with van der Waals surface area (Å²) in [5, 5.41) is 11.7. The molecule has 5 N–H and O–H groups in total. The number of nitrogens with one attached hydrogen (secondary N) is 1. The average molecular weight is 449 g/mol. The number of hydrogen-bond acceptors (Lipinski definition) is 6. The van der Waals surface area contributed by atoms with Gasteiger partial charge in [0.2, 0.25) is 6.41 Å². The van der Waals surface area contributed by atoms with E-state index in [1.165, 1.54) is 0 Å². The Morgan fingerprint density at radius 2 is 2.00 bits per heavy atom. The summed E-state index contributed by atoms with van der Waals surface area (Å²) in [7, 11) is 1.97. The van der Waals surface area contributed by atoms with Gasteiger partial charge in [0.1, 0.15) is 0 Å². The molecule has 1 heterocycles. The maximum absolute atomic E-state index is 10.4. The molecule has 166 valence electrons. The van der Waals surface area contributed by atoms with Crippen LogP contribution < -0.4 is 16.8 Å². The Morgan fingerprint density at radius 3 is 2.72 bits per heavy atom. The monoisotopic (exact) mass is 448 g/mol. The van der Waals surface area contributed by atoms with Crippen molar-refractivity contribution in [2.45, 2.75) is 25.3 Å². The van der Waals surface area contributed by atoms with Crippen LogP contribution in [0.5, 0.6) is 0 Å². The van der Waals surface area contributed by atoms with Crippen LogP contribution in [0.4, 0.5) is 0 Å². The predicted molar refractivity (Wildman–Crippen MR) is 131 cm³/mol. The molecule has 2 aromatic carbocycles. The molecule has 0 bridgehead atoms. The van der Waals surface area contributed by atoms with Gasteiger partial charge in [-0.05, 0) is 60.4 Å². The minimum absolute atomic E-state index is 0.0521. The number of aromatic nitrogens is 2. The van der Waals surface area contributed by atoms with Crippen LogP contribution in [-0.2, 0) is 11.8 Å². The average Bonchev–Trinajstić information content (AvgIpc) is 3.19. The Kier molecular flexibility index (Phi) is 8.31. The highest BCUT2D eigenvalue weighted by Crippen LogP contribution is 2.35. The number of carbonyl (C=O) groups excluding carboxylic acids is 1. The van der Waals surface area contributed by atoms with Crippen molar-refractivity contribution in [3.05, 3.63) is 65.5 Å². The van der Waals surface area contributed by atoms with E-state index >= 15 is 0 Å². The highest BCUT2D eigenvalue weighted by Gasteiger charge is 2.13. The van der Waals surface area contributed by atoms with Gasteiger partial charge < -0.3 is 21.4 Å². The molecule has 0 radical (unpaired) electrons. The molecule has 1 aromatic heterocycles. The van der Waals surface area contributed by atoms with E-state index in [-0.39, 0.29) is 6.04 Å². The largest absolute Gasteiger partial charge is 0.397 e. The van der Waals surface area contributed by atoms with E-state index in [2.05, 4.69) is 34.6 Å². The lowest BCUT2D eigenvalue weighted by atomic mass is 10.1. The first-order valence-corrected chi connectivity index (χ1v) is 11.5. The summed E-state index contributed by atoms with van der Waals surface area (Å²) in [6.45, 7) is 0.596. The molecule has 8 heteroatoms. The summed E-state index contributed by atoms with van der Waals surface area (Å²) in [6, 6.07) is 15.7. The van der Waals surface area contributed by atoms with Gasteiger partial charge in [0.15, 0.2) is 0 Å². The van der Waals surface area contributed by atoms with Crippen molar-refractivity contribution in [3.8, 4) is 6.07 Å². The fourth-order valence-corrected chi connectivity index (χ4v) is 4.52. The van der Waals surface area contributed by atoms with E-state index in [9.17, 15) is 4.79 Å². The topological polar surface area (TPSA) is 123 Å². The predicted octanol–water partition coefficient (Wildman–Crippen LogP) is 3.21. The van der Waals surface area contributed by atoms with Gasteiger partial charge in [-0.1, -0.05) is 18.2 Å². The highest BCUT2D eigenvalue weighted by atomic mass is 32.2. The number of carbonyl (C=O) groups is 1. The third kappa shape index (κ3) is 5.90. The molecule has 7 nitrogen and oxygen atoms in total. The summed E-state index contributed by atoms with van der Waals surface area (Å²) in [5.41, 5.74) is 17.9. The van der Waals surface area contributed by atoms with Crippen LogP contribution in [0.3, 0.4) is 0 Å². The molecule has 0 aliphatic rings. The third-order valence-corrected chi connectivity index (χ3v) is 6.50. The van der Waals surface area contributed by atoms with Crippen molar-refractivity contribution in [1.29, 1.82) is 5.26 Å². The van der Waals surface area contributed by atoms with Crippen LogP contribution >= 0.6 is 11.8 Å². The molecule has 32 heavy (non-hydrogen) atoms. The molecule has 1 unspecified atom stereocenters. The van der Waals surface area contributed by atoms with Gasteiger partial charge in [-0.3, -0.25) is 4.79 Å². The molecule has 1 atom stereocenters. The zero-order valence-corrected chi connectivity index (χ0v) is 18.9. The van der Waals surface area contributed by atoms with E-state index in [0.29, 0.717) is 24.2 Å². The number of rotatable bonds is 11. The minimum atomic E-state index is 0.0521. The number of thioether (sulfide) groups is 1. The SMILES string of the molecule is Cn1cnc2cc(/C(SCCCC(N)CCNC=O)=C(/N)c3ccc(C#N)cc3)ccc21. The Labute approximate surface area is 192 Å². The van der Waals surface area contributed by atoms with Gasteiger partial charge in [-0.2, -0.15) is 5.26 Å². The number of hydrogen-bond donors (Lipinski definition) is 3. The van der Waals surface area contributed by atoms with Crippen molar-refractivity contribution < 1.29 is 4.79 Å². The minimum Gasteiger partial charge on any atom is -0.397 e. The van der Waals surface area contributed by atoms with Gasteiger partial charge in [0, 0.05) is 24.5 Å². The van der Waals surface area contributed by atoms with Crippen molar-refractivity contribution in [3.63, 3.8) is 0 Å². The van der Waals surface area contributed by atoms with Crippen LogP contribution in [0.15, 0.2) is 48.8 Å². The normalized spacial score (nSPS) is 12.8. The molecule has 3 aromatic rings. The maximum Gasteiger partial charge on any atom is 0.207 e. The molecule has 0 aliphatic carbocycles. The molecular formula is C24H28N6OS. The van der Waals surface area contributed by atoms with Crippen molar-refractivity contribution in [1.82, 2.24) is 14.9 Å². The lowest BCUT2D eigenvalue weighted by Gasteiger charge is -2.15. The van der Waals surface area contributed by atoms with Crippen molar-refractivity contribution in [2.24, 2.45) is 18.5 Å². The zero-order chi connectivity index (χ0) is 22.9. The van der Waals surface area contributed by atoms with Gasteiger partial charge in [0.25, 0.3) is 0 Å². The summed E-state index contributed by atoms with van der Waals surface area (Å²) in [5.74, 6) is 0.862. The summed E-state index contributed by atoms with van der Waals surface area (Å²) in [6.07, 6.45) is 5.06. The molecule has 0 saturated heterocycles. The first-order valence-electron chi connectivity index (χ1n) is 10.5. The Balaban J connectivity index is 1.80. The number of fused-ring (bicyclic) bond motifs is 1. The third-order valence-electron chi connectivity index (χ3n) is 5.27. The summed E-state index contributed by atoms with van der Waals surface area (Å²) >= 11 is 1.70. The van der Waals surface area contributed by atoms with E-state index in [1.807, 2.05) is 23.7 Å². The number of benzene rings is 2. The number of nitrogens with two attached hydrogens (primary N) is 2. The Hall–Kier alpha value is -3.28. The quantitative estimate of drug-likeness (QED) is 0.235. The lowest BCUT2D eigenvalue weighted by molar-refractivity contribution is -0.109. The molecule has 0 spiro atoms. The van der Waals surface area contributed by atoms with Gasteiger partial charge in [-0.15, -0.1) is 11.8 Å². The van der Waals surface area contributed by atoms with E-state index in [0.717, 1.165) is 52.1 Å². The van der Waals surface area contributed by atoms with Crippen LogP contribution in [0.2, 0.25) is 0 Å². The fourth-order valence-electron chi connectivity index (χ4n) is 3.44. The van der Waals surface area contributed by atoms with E-state index in [4.69, 9.17) is 16.7 Å². The van der Waals surface area contributed by atoms with E-state index in [1.54, 1.807) is 30.2 Å². The smallest absolute Gasteiger partial charge is 0.207 e. The second-order valence-electron chi connectivity index (χ2n) is 7.60.